The van der Waals surface area contributed by atoms with Gasteiger partial charge < -0.3 is 10.2 Å². The van der Waals surface area contributed by atoms with Crippen LogP contribution in [0.4, 0.5) is 16.0 Å². The first-order valence-corrected chi connectivity index (χ1v) is 9.50. The van der Waals surface area contributed by atoms with E-state index in [0.717, 1.165) is 0 Å². The van der Waals surface area contributed by atoms with Crippen LogP contribution in [0.2, 0.25) is 0 Å². The molecule has 1 aromatic heterocycles. The number of carbonyl (C=O) groups is 1. The Morgan fingerprint density at radius 1 is 1.32 bits per heavy atom. The number of nitrogens with one attached hydrogen (secondary N) is 1. The summed E-state index contributed by atoms with van der Waals surface area (Å²) in [5.74, 6) is -0.684. The van der Waals surface area contributed by atoms with Crippen LogP contribution in [0.15, 0.2) is 36.5 Å². The average molecular weight is 364 g/mol. The monoisotopic (exact) mass is 364 g/mol. The quantitative estimate of drug-likeness (QED) is 0.884. The van der Waals surface area contributed by atoms with Crippen LogP contribution in [0.5, 0.6) is 0 Å². The van der Waals surface area contributed by atoms with Gasteiger partial charge in [0.1, 0.15) is 11.5 Å². The highest BCUT2D eigenvalue weighted by atomic mass is 32.2. The minimum Gasteiger partial charge on any atom is -0.340 e. The number of hydrogen-bond donors (Lipinski definition) is 1. The molecule has 9 heteroatoms. The van der Waals surface area contributed by atoms with E-state index < -0.39 is 21.6 Å². The smallest absolute Gasteiger partial charge is 0.274 e. The zero-order valence-electron chi connectivity index (χ0n) is 13.5. The fourth-order valence-electron chi connectivity index (χ4n) is 2.64. The SMILES string of the molecule is CN(c1nccc(C(=O)Nc2ccccc2F)n1)C1CCS(=O)(=O)C1. The van der Waals surface area contributed by atoms with Crippen LogP contribution >= 0.6 is 0 Å². The average Bonchev–Trinajstić information content (AvgIpc) is 2.96. The number of hydrogen-bond acceptors (Lipinski definition) is 6. The van der Waals surface area contributed by atoms with Gasteiger partial charge in [0.05, 0.1) is 17.2 Å². The highest BCUT2D eigenvalue weighted by Gasteiger charge is 2.31. The van der Waals surface area contributed by atoms with Gasteiger partial charge in [0, 0.05) is 19.3 Å². The Bertz CT molecular complexity index is 904. The fraction of sp³-hybridized carbons (Fsp3) is 0.312. The predicted octanol–water partition coefficient (Wildman–Crippen LogP) is 1.49. The molecule has 0 aliphatic carbocycles. The molecule has 132 valence electrons. The Labute approximate surface area is 144 Å². The lowest BCUT2D eigenvalue weighted by Crippen LogP contribution is -2.34. The fourth-order valence-corrected chi connectivity index (χ4v) is 4.41. The summed E-state index contributed by atoms with van der Waals surface area (Å²) in [5.41, 5.74) is 0.129. The molecular formula is C16H17FN4O3S. The molecule has 0 spiro atoms. The van der Waals surface area contributed by atoms with E-state index >= 15 is 0 Å². The molecule has 2 aromatic rings. The van der Waals surface area contributed by atoms with Crippen molar-refractivity contribution in [1.29, 1.82) is 0 Å². The minimum atomic E-state index is -3.04. The number of para-hydroxylation sites is 1. The molecule has 1 amide bonds. The van der Waals surface area contributed by atoms with Crippen molar-refractivity contribution < 1.29 is 17.6 Å². The minimum absolute atomic E-state index is 0.0402. The van der Waals surface area contributed by atoms with Crippen LogP contribution in [0, 0.1) is 5.82 Å². The lowest BCUT2D eigenvalue weighted by molar-refractivity contribution is 0.102. The number of rotatable bonds is 4. The van der Waals surface area contributed by atoms with Crippen molar-refractivity contribution in [3.05, 3.63) is 48.0 Å². The molecule has 1 atom stereocenters. The Morgan fingerprint density at radius 3 is 2.76 bits per heavy atom. The number of halogens is 1. The van der Waals surface area contributed by atoms with Gasteiger partial charge in [-0.25, -0.2) is 22.8 Å². The van der Waals surface area contributed by atoms with E-state index in [1.165, 1.54) is 30.5 Å². The number of anilines is 2. The Balaban J connectivity index is 1.77. The number of nitrogens with zero attached hydrogens (tertiary/aromatic N) is 3. The van der Waals surface area contributed by atoms with Gasteiger partial charge in [-0.1, -0.05) is 12.1 Å². The summed E-state index contributed by atoms with van der Waals surface area (Å²) in [6.07, 6.45) is 1.91. The molecule has 1 aromatic carbocycles. The second-order valence-electron chi connectivity index (χ2n) is 5.84. The molecule has 1 aliphatic rings. The van der Waals surface area contributed by atoms with Gasteiger partial charge in [-0.2, -0.15) is 0 Å². The normalized spacial score (nSPS) is 18.7. The zero-order chi connectivity index (χ0) is 18.0. The van der Waals surface area contributed by atoms with Crippen molar-refractivity contribution in [1.82, 2.24) is 9.97 Å². The van der Waals surface area contributed by atoms with E-state index in [-0.39, 0.29) is 34.9 Å². The lowest BCUT2D eigenvalue weighted by Gasteiger charge is -2.23. The van der Waals surface area contributed by atoms with Crippen LogP contribution in [0.1, 0.15) is 16.9 Å². The third-order valence-corrected chi connectivity index (χ3v) is 5.82. The van der Waals surface area contributed by atoms with Crippen LogP contribution < -0.4 is 10.2 Å². The summed E-state index contributed by atoms with van der Waals surface area (Å²) in [5, 5.41) is 2.46. The third kappa shape index (κ3) is 3.93. The lowest BCUT2D eigenvalue weighted by atomic mass is 10.2. The molecule has 0 radical (unpaired) electrons. The topological polar surface area (TPSA) is 92.3 Å². The summed E-state index contributed by atoms with van der Waals surface area (Å²) in [7, 11) is -1.34. The molecule has 1 aliphatic heterocycles. The van der Waals surface area contributed by atoms with E-state index in [2.05, 4.69) is 15.3 Å². The van der Waals surface area contributed by atoms with Crippen LogP contribution in [-0.4, -0.2) is 48.9 Å². The molecule has 1 N–H and O–H groups in total. The maximum atomic E-state index is 13.6. The molecule has 1 fully saturated rings. The van der Waals surface area contributed by atoms with Crippen molar-refractivity contribution in [3.8, 4) is 0 Å². The maximum Gasteiger partial charge on any atom is 0.274 e. The number of amides is 1. The van der Waals surface area contributed by atoms with E-state index in [4.69, 9.17) is 0 Å². The standard InChI is InChI=1S/C16H17FN4O3S/c1-21(11-7-9-25(23,24)10-11)16-18-8-6-14(20-16)15(22)19-13-5-3-2-4-12(13)17/h2-6,8,11H,7,9-10H2,1H3,(H,19,22). The first-order valence-electron chi connectivity index (χ1n) is 7.68. The molecule has 0 saturated carbocycles. The van der Waals surface area contributed by atoms with Crippen LogP contribution in [0.25, 0.3) is 0 Å². The summed E-state index contributed by atoms with van der Waals surface area (Å²) < 4.78 is 36.9. The molecule has 3 rings (SSSR count). The Hall–Kier alpha value is -2.55. The summed E-state index contributed by atoms with van der Waals surface area (Å²) in [6, 6.07) is 7.02. The van der Waals surface area contributed by atoms with E-state index in [9.17, 15) is 17.6 Å². The van der Waals surface area contributed by atoms with Gasteiger partial charge in [0.15, 0.2) is 9.84 Å². The molecule has 0 bridgehead atoms. The van der Waals surface area contributed by atoms with Crippen LogP contribution in [0.3, 0.4) is 0 Å². The van der Waals surface area contributed by atoms with E-state index in [1.54, 1.807) is 18.0 Å². The molecule has 7 nitrogen and oxygen atoms in total. The molecule has 2 heterocycles. The Kier molecular flexibility index (Phi) is 4.67. The van der Waals surface area contributed by atoms with Crippen molar-refractivity contribution in [3.63, 3.8) is 0 Å². The first-order chi connectivity index (χ1) is 11.9. The van der Waals surface area contributed by atoms with Gasteiger partial charge >= 0.3 is 0 Å². The van der Waals surface area contributed by atoms with Crippen molar-refractivity contribution in [2.75, 3.05) is 28.8 Å². The van der Waals surface area contributed by atoms with Crippen molar-refractivity contribution >= 4 is 27.4 Å². The predicted molar refractivity (Wildman–Crippen MR) is 91.8 cm³/mol. The second-order valence-corrected chi connectivity index (χ2v) is 8.07. The molecule has 1 saturated heterocycles. The van der Waals surface area contributed by atoms with Gasteiger partial charge in [-0.05, 0) is 24.6 Å². The van der Waals surface area contributed by atoms with Gasteiger partial charge in [-0.3, -0.25) is 4.79 Å². The van der Waals surface area contributed by atoms with Gasteiger partial charge in [0.2, 0.25) is 5.95 Å². The second kappa shape index (κ2) is 6.75. The number of sulfone groups is 1. The molecule has 25 heavy (non-hydrogen) atoms. The number of carbonyl (C=O) groups excluding carboxylic acids is 1. The van der Waals surface area contributed by atoms with E-state index in [0.29, 0.717) is 6.42 Å². The third-order valence-electron chi connectivity index (χ3n) is 4.07. The molecular weight excluding hydrogens is 347 g/mol. The summed E-state index contributed by atoms with van der Waals surface area (Å²) >= 11 is 0. The summed E-state index contributed by atoms with van der Waals surface area (Å²) in [4.78, 5) is 22.2. The zero-order valence-corrected chi connectivity index (χ0v) is 14.3. The number of benzene rings is 1. The van der Waals surface area contributed by atoms with Crippen molar-refractivity contribution in [2.45, 2.75) is 12.5 Å². The van der Waals surface area contributed by atoms with Gasteiger partial charge in [-0.15, -0.1) is 0 Å². The largest absolute Gasteiger partial charge is 0.340 e. The van der Waals surface area contributed by atoms with Gasteiger partial charge in [0.25, 0.3) is 5.91 Å². The molecule has 1 unspecified atom stereocenters. The highest BCUT2D eigenvalue weighted by molar-refractivity contribution is 7.91. The van der Waals surface area contributed by atoms with Crippen LogP contribution in [-0.2, 0) is 9.84 Å². The Morgan fingerprint density at radius 2 is 2.08 bits per heavy atom. The first kappa shape index (κ1) is 17.3. The van der Waals surface area contributed by atoms with Crippen molar-refractivity contribution in [2.24, 2.45) is 0 Å². The maximum absolute atomic E-state index is 13.6. The van der Waals surface area contributed by atoms with E-state index in [1.807, 2.05) is 0 Å². The number of aromatic nitrogens is 2. The highest BCUT2D eigenvalue weighted by Crippen LogP contribution is 2.20. The summed E-state index contributed by atoms with van der Waals surface area (Å²) in [6.45, 7) is 0.